The quantitative estimate of drug-likeness (QED) is 0.339. The maximum atomic E-state index is 10.9. The van der Waals surface area contributed by atoms with Gasteiger partial charge in [-0.2, -0.15) is 0 Å². The van der Waals surface area contributed by atoms with Crippen molar-refractivity contribution >= 4 is 55.7 Å². The SMILES string of the molecule is Oc1c(Sc2ccc(Cl)cc2)cc2ccc3cccc4ccc1c2c34. The summed E-state index contributed by atoms with van der Waals surface area (Å²) in [5.41, 5.74) is 0. The van der Waals surface area contributed by atoms with Gasteiger partial charge in [0.1, 0.15) is 5.75 Å². The van der Waals surface area contributed by atoms with Gasteiger partial charge in [-0.05, 0) is 57.9 Å². The van der Waals surface area contributed by atoms with E-state index in [2.05, 4.69) is 42.5 Å². The van der Waals surface area contributed by atoms with Crippen LogP contribution in [0.2, 0.25) is 5.02 Å². The molecule has 5 aromatic rings. The molecule has 0 radical (unpaired) electrons. The topological polar surface area (TPSA) is 20.2 Å². The highest BCUT2D eigenvalue weighted by molar-refractivity contribution is 7.99. The third-order valence-corrected chi connectivity index (χ3v) is 5.92. The van der Waals surface area contributed by atoms with Crippen LogP contribution in [-0.2, 0) is 0 Å². The van der Waals surface area contributed by atoms with Gasteiger partial charge in [-0.25, -0.2) is 0 Å². The van der Waals surface area contributed by atoms with Gasteiger partial charge in [-0.3, -0.25) is 0 Å². The average Bonchev–Trinajstić information content (AvgIpc) is 2.64. The lowest BCUT2D eigenvalue weighted by molar-refractivity contribution is 0.469. The van der Waals surface area contributed by atoms with E-state index < -0.39 is 0 Å². The number of phenols is 1. The van der Waals surface area contributed by atoms with Crippen LogP contribution in [0.4, 0.5) is 0 Å². The molecule has 0 amide bonds. The highest BCUT2D eigenvalue weighted by atomic mass is 35.5. The van der Waals surface area contributed by atoms with Crippen LogP contribution in [0, 0.1) is 0 Å². The van der Waals surface area contributed by atoms with Crippen molar-refractivity contribution in [2.75, 3.05) is 0 Å². The number of rotatable bonds is 2. The van der Waals surface area contributed by atoms with Gasteiger partial charge in [0.05, 0.1) is 4.90 Å². The summed E-state index contributed by atoms with van der Waals surface area (Å²) in [6, 6.07) is 24.4. The van der Waals surface area contributed by atoms with Gasteiger partial charge < -0.3 is 5.11 Å². The fourth-order valence-corrected chi connectivity index (χ4v) is 4.52. The van der Waals surface area contributed by atoms with E-state index >= 15 is 0 Å². The first-order valence-electron chi connectivity index (χ1n) is 8.03. The van der Waals surface area contributed by atoms with Crippen molar-refractivity contribution < 1.29 is 5.11 Å². The molecule has 0 saturated carbocycles. The van der Waals surface area contributed by atoms with Crippen LogP contribution in [0.15, 0.2) is 82.6 Å². The first kappa shape index (κ1) is 14.9. The second kappa shape index (κ2) is 5.55. The summed E-state index contributed by atoms with van der Waals surface area (Å²) in [4.78, 5) is 1.90. The average molecular weight is 361 g/mol. The van der Waals surface area contributed by atoms with Crippen LogP contribution < -0.4 is 0 Å². The van der Waals surface area contributed by atoms with Gasteiger partial charge >= 0.3 is 0 Å². The predicted octanol–water partition coefficient (Wildman–Crippen LogP) is 7.09. The zero-order valence-corrected chi connectivity index (χ0v) is 14.7. The molecule has 120 valence electrons. The lowest BCUT2D eigenvalue weighted by Crippen LogP contribution is -1.86. The van der Waals surface area contributed by atoms with Gasteiger partial charge in [0.2, 0.25) is 0 Å². The third-order valence-electron chi connectivity index (χ3n) is 4.63. The summed E-state index contributed by atoms with van der Waals surface area (Å²) in [6.45, 7) is 0. The standard InChI is InChI=1S/C22H13ClOS/c23-16-7-9-17(10-8-16)25-19-12-15-5-4-13-2-1-3-14-6-11-18(22(19)24)21(15)20(13)14/h1-12,24H. The van der Waals surface area contributed by atoms with Crippen molar-refractivity contribution in [1.29, 1.82) is 0 Å². The zero-order valence-electron chi connectivity index (χ0n) is 13.2. The molecule has 0 atom stereocenters. The van der Waals surface area contributed by atoms with Crippen molar-refractivity contribution in [2.45, 2.75) is 9.79 Å². The molecular weight excluding hydrogens is 348 g/mol. The molecule has 0 spiro atoms. The van der Waals surface area contributed by atoms with Crippen LogP contribution in [0.1, 0.15) is 0 Å². The number of aromatic hydroxyl groups is 1. The van der Waals surface area contributed by atoms with E-state index in [9.17, 15) is 5.11 Å². The summed E-state index contributed by atoms with van der Waals surface area (Å²) in [5, 5.41) is 18.4. The minimum absolute atomic E-state index is 0.339. The Bertz CT molecular complexity index is 1210. The van der Waals surface area contributed by atoms with Crippen LogP contribution >= 0.6 is 23.4 Å². The highest BCUT2D eigenvalue weighted by Gasteiger charge is 2.14. The van der Waals surface area contributed by atoms with Crippen molar-refractivity contribution in [1.82, 2.24) is 0 Å². The van der Waals surface area contributed by atoms with Gasteiger partial charge in [-0.1, -0.05) is 59.8 Å². The van der Waals surface area contributed by atoms with Crippen molar-refractivity contribution in [3.63, 3.8) is 0 Å². The Balaban J connectivity index is 1.78. The summed E-state index contributed by atoms with van der Waals surface area (Å²) in [6.07, 6.45) is 0. The number of hydrogen-bond donors (Lipinski definition) is 1. The monoisotopic (exact) mass is 360 g/mol. The first-order chi connectivity index (χ1) is 12.2. The molecule has 1 nitrogen and oxygen atoms in total. The second-order valence-electron chi connectivity index (χ2n) is 6.14. The summed E-state index contributed by atoms with van der Waals surface area (Å²) < 4.78 is 0. The Morgan fingerprint density at radius 2 is 1.40 bits per heavy atom. The molecule has 0 heterocycles. The van der Waals surface area contributed by atoms with E-state index in [1.54, 1.807) is 11.8 Å². The third kappa shape index (κ3) is 2.33. The lowest BCUT2D eigenvalue weighted by atomic mass is 9.94. The normalized spacial score (nSPS) is 11.7. The molecule has 5 rings (SSSR count). The predicted molar refractivity (Wildman–Crippen MR) is 107 cm³/mol. The van der Waals surface area contributed by atoms with Gasteiger partial charge in [0.15, 0.2) is 0 Å². The fraction of sp³-hybridized carbons (Fsp3) is 0. The molecular formula is C22H13ClOS. The molecule has 0 aliphatic rings. The van der Waals surface area contributed by atoms with E-state index in [4.69, 9.17) is 11.6 Å². The molecule has 25 heavy (non-hydrogen) atoms. The maximum Gasteiger partial charge on any atom is 0.137 e. The summed E-state index contributed by atoms with van der Waals surface area (Å²) in [7, 11) is 0. The van der Waals surface area contributed by atoms with E-state index in [0.717, 1.165) is 25.9 Å². The van der Waals surface area contributed by atoms with E-state index in [1.165, 1.54) is 16.2 Å². The van der Waals surface area contributed by atoms with Crippen LogP contribution in [0.5, 0.6) is 5.75 Å². The minimum Gasteiger partial charge on any atom is -0.506 e. The number of phenolic OH excluding ortho intramolecular Hbond substituents is 1. The summed E-state index contributed by atoms with van der Waals surface area (Å²) >= 11 is 7.52. The highest BCUT2D eigenvalue weighted by Crippen LogP contribution is 2.44. The van der Waals surface area contributed by atoms with Gasteiger partial charge in [0, 0.05) is 20.7 Å². The summed E-state index contributed by atoms with van der Waals surface area (Å²) in [5.74, 6) is 0.339. The molecule has 1 N–H and O–H groups in total. The molecule has 0 aromatic heterocycles. The number of hydrogen-bond acceptors (Lipinski definition) is 2. The van der Waals surface area contributed by atoms with Gasteiger partial charge in [0.25, 0.3) is 0 Å². The zero-order chi connectivity index (χ0) is 17.0. The Labute approximate surface area is 154 Å². The lowest BCUT2D eigenvalue weighted by Gasteiger charge is -2.14. The van der Waals surface area contributed by atoms with E-state index in [1.807, 2.05) is 30.3 Å². The molecule has 0 saturated heterocycles. The van der Waals surface area contributed by atoms with E-state index in [0.29, 0.717) is 10.8 Å². The Morgan fingerprint density at radius 3 is 2.16 bits per heavy atom. The fourth-order valence-electron chi connectivity index (χ4n) is 3.48. The molecule has 0 aliphatic carbocycles. The number of halogens is 1. The van der Waals surface area contributed by atoms with Crippen LogP contribution in [0.25, 0.3) is 32.3 Å². The minimum atomic E-state index is 0.339. The Kier molecular flexibility index (Phi) is 3.30. The molecule has 0 unspecified atom stereocenters. The van der Waals surface area contributed by atoms with Crippen molar-refractivity contribution in [3.8, 4) is 5.75 Å². The Hall–Kier alpha value is -2.42. The molecule has 5 aromatic carbocycles. The molecule has 3 heteroatoms. The Morgan fingerprint density at radius 1 is 0.720 bits per heavy atom. The molecule has 0 bridgehead atoms. The molecule has 0 aliphatic heterocycles. The first-order valence-corrected chi connectivity index (χ1v) is 9.23. The van der Waals surface area contributed by atoms with E-state index in [-0.39, 0.29) is 0 Å². The van der Waals surface area contributed by atoms with Crippen LogP contribution in [0.3, 0.4) is 0 Å². The van der Waals surface area contributed by atoms with Crippen LogP contribution in [-0.4, -0.2) is 5.11 Å². The smallest absolute Gasteiger partial charge is 0.137 e. The van der Waals surface area contributed by atoms with Crippen molar-refractivity contribution in [2.24, 2.45) is 0 Å². The van der Waals surface area contributed by atoms with Gasteiger partial charge in [-0.15, -0.1) is 0 Å². The number of benzene rings is 5. The van der Waals surface area contributed by atoms with Crippen molar-refractivity contribution in [3.05, 3.63) is 77.8 Å². The molecule has 0 fully saturated rings. The largest absolute Gasteiger partial charge is 0.506 e. The maximum absolute atomic E-state index is 10.9. The second-order valence-corrected chi connectivity index (χ2v) is 7.69.